The summed E-state index contributed by atoms with van der Waals surface area (Å²) in [5.41, 5.74) is 5.84. The Kier molecular flexibility index (Phi) is 13.1. The molecule has 0 radical (unpaired) electrons. The van der Waals surface area contributed by atoms with E-state index in [0.717, 1.165) is 0 Å². The van der Waals surface area contributed by atoms with Crippen molar-refractivity contribution in [1.82, 2.24) is 0 Å². The topological polar surface area (TPSA) is 0 Å². The van der Waals surface area contributed by atoms with Crippen LogP contribution in [-0.4, -0.2) is 3.21 Å². The van der Waals surface area contributed by atoms with Gasteiger partial charge < -0.3 is 24.8 Å². The van der Waals surface area contributed by atoms with E-state index in [1.807, 2.05) is 0 Å². The van der Waals surface area contributed by atoms with E-state index in [2.05, 4.69) is 152 Å². The van der Waals surface area contributed by atoms with Crippen molar-refractivity contribution in [2.24, 2.45) is 0 Å². The predicted molar refractivity (Wildman–Crippen MR) is 158 cm³/mol. The van der Waals surface area contributed by atoms with E-state index in [1.165, 1.54) is 47.0 Å². The minimum absolute atomic E-state index is 0. The first-order valence-electron chi connectivity index (χ1n) is 12.8. The summed E-state index contributed by atoms with van der Waals surface area (Å²) in [4.78, 5) is 0. The van der Waals surface area contributed by atoms with E-state index in [0.29, 0.717) is 0 Å². The van der Waals surface area contributed by atoms with Gasteiger partial charge in [-0.15, -0.1) is 45.8 Å². The normalized spacial score (nSPS) is 10.9. The summed E-state index contributed by atoms with van der Waals surface area (Å²) in [5, 5.41) is 5.39. The first-order chi connectivity index (χ1) is 16.9. The van der Waals surface area contributed by atoms with Gasteiger partial charge in [-0.05, 0) is 10.8 Å². The minimum Gasteiger partial charge on any atom is -1.00 e. The number of fused-ring (bicyclic) bond motifs is 3. The van der Waals surface area contributed by atoms with Gasteiger partial charge in [0.1, 0.15) is 0 Å². The Morgan fingerprint density at radius 3 is 1.42 bits per heavy atom. The Balaban J connectivity index is 0.000000331. The van der Waals surface area contributed by atoms with Gasteiger partial charge in [-0.25, -0.2) is 0 Å². The van der Waals surface area contributed by atoms with Crippen molar-refractivity contribution in [3.63, 3.8) is 0 Å². The third-order valence-electron chi connectivity index (χ3n) is 6.18. The molecule has 0 fully saturated rings. The monoisotopic (exact) mass is 620 g/mol. The third kappa shape index (κ3) is 9.44. The molecule has 0 aliphatic heterocycles. The fraction of sp³-hybridized carbons (Fsp3) is 0.286. The van der Waals surface area contributed by atoms with E-state index < -0.39 is 0 Å². The first-order valence-corrected chi connectivity index (χ1v) is 14.0. The second kappa shape index (κ2) is 14.6. The summed E-state index contributed by atoms with van der Waals surface area (Å²) in [6.07, 6.45) is 0. The van der Waals surface area contributed by atoms with Gasteiger partial charge in [-0.1, -0.05) is 113 Å². The molecule has 0 N–H and O–H groups in total. The average Bonchev–Trinajstić information content (AvgIpc) is 3.46. The molecule has 3 heteroatoms. The molecule has 0 bridgehead atoms. The fourth-order valence-electron chi connectivity index (χ4n) is 4.13. The Labute approximate surface area is 257 Å². The quantitative estimate of drug-likeness (QED) is 0.247. The summed E-state index contributed by atoms with van der Waals surface area (Å²) in [5.74, 6) is 0. The van der Waals surface area contributed by atoms with Crippen LogP contribution in [0.5, 0.6) is 0 Å². The van der Waals surface area contributed by atoms with Crippen LogP contribution in [0.25, 0.3) is 32.7 Å². The Hall–Kier alpha value is -1.79. The second-order valence-corrected chi connectivity index (χ2v) is 14.2. The van der Waals surface area contributed by atoms with Gasteiger partial charge in [0, 0.05) is 0 Å². The fourth-order valence-corrected chi connectivity index (χ4v) is 4.13. The van der Waals surface area contributed by atoms with Gasteiger partial charge in [-0.2, -0.15) is 23.8 Å². The molecule has 5 aromatic carbocycles. The van der Waals surface area contributed by atoms with Crippen LogP contribution < -0.4 is 24.8 Å². The average molecular weight is 623 g/mol. The molecule has 0 saturated heterocycles. The number of rotatable bonds is 1. The van der Waals surface area contributed by atoms with Gasteiger partial charge in [0.25, 0.3) is 0 Å². The van der Waals surface area contributed by atoms with E-state index in [9.17, 15) is 0 Å². The van der Waals surface area contributed by atoms with Crippen LogP contribution in [0.2, 0.25) is 0 Å². The summed E-state index contributed by atoms with van der Waals surface area (Å²) in [7, 11) is 0. The molecular weight excluding hydrogens is 583 g/mol. The minimum atomic E-state index is 0. The molecule has 5 aromatic rings. The van der Waals surface area contributed by atoms with Crippen molar-refractivity contribution in [2.75, 3.05) is 0 Å². The molecule has 0 aromatic heterocycles. The standard InChI is InChI=1S/C19H25.C13H9.C3H6.2ClH.Zr/c1-18(2,3)16-11-15(14-9-7-8-10-14)12-17(13-16)19(4,5)6;1-3-7-12-10(5-1)9-11-6-2-4-8-13(11)12;1-3-2;;;/h7-13H,1-6H3;1-9H;1-2H3;2*1H;/q2*-1;;;;+2/p-2. The SMILES string of the molecule is CC(C)(C)c1cc(-c2ccc[cH-]2)cc(C(C)(C)C)c1.C[C](C)=[Zr+2].[Cl-].[Cl-].c1ccc2c(c1)[cH-]c1ccccc12. The maximum absolute atomic E-state index is 2.37. The largest absolute Gasteiger partial charge is 1.00 e. The van der Waals surface area contributed by atoms with Gasteiger partial charge in [0.2, 0.25) is 0 Å². The molecule has 0 aliphatic carbocycles. The summed E-state index contributed by atoms with van der Waals surface area (Å²) in [6, 6.07) is 34.9. The number of hydrogen-bond acceptors (Lipinski definition) is 0. The Morgan fingerprint density at radius 2 is 1.05 bits per heavy atom. The number of halogens is 2. The molecule has 0 aliphatic rings. The van der Waals surface area contributed by atoms with Gasteiger partial charge in [0.05, 0.1) is 0 Å². The molecule has 0 nitrogen and oxygen atoms in total. The molecule has 0 amide bonds. The molecule has 5 rings (SSSR count). The van der Waals surface area contributed by atoms with Crippen molar-refractivity contribution in [3.8, 4) is 11.1 Å². The number of hydrogen-bond donors (Lipinski definition) is 0. The van der Waals surface area contributed by atoms with Crippen LogP contribution in [0.15, 0.2) is 97.1 Å². The summed E-state index contributed by atoms with van der Waals surface area (Å²) < 4.78 is 1.51. The smallest absolute Gasteiger partial charge is 0.0771 e. The molecule has 200 valence electrons. The van der Waals surface area contributed by atoms with Gasteiger partial charge in [0.15, 0.2) is 0 Å². The second-order valence-electron chi connectivity index (χ2n) is 11.8. The molecule has 0 unspecified atom stereocenters. The van der Waals surface area contributed by atoms with E-state index in [1.54, 1.807) is 24.2 Å². The van der Waals surface area contributed by atoms with Crippen LogP contribution in [0, 0.1) is 0 Å². The zero-order chi connectivity index (χ0) is 26.5. The van der Waals surface area contributed by atoms with Crippen LogP contribution >= 0.6 is 0 Å². The van der Waals surface area contributed by atoms with Crippen LogP contribution in [0.1, 0.15) is 66.5 Å². The van der Waals surface area contributed by atoms with Crippen molar-refractivity contribution < 1.29 is 49.0 Å². The zero-order valence-corrected chi connectivity index (χ0v) is 28.0. The molecule has 0 heterocycles. The Bertz CT molecular complexity index is 1340. The van der Waals surface area contributed by atoms with E-state index in [-0.39, 0.29) is 35.6 Å². The van der Waals surface area contributed by atoms with Crippen molar-refractivity contribution in [2.45, 2.75) is 66.2 Å². The zero-order valence-electron chi connectivity index (χ0n) is 24.0. The van der Waals surface area contributed by atoms with Crippen LogP contribution in [0.3, 0.4) is 0 Å². The molecule has 0 saturated carbocycles. The van der Waals surface area contributed by atoms with Crippen molar-refractivity contribution in [3.05, 3.63) is 108 Å². The Morgan fingerprint density at radius 1 is 0.632 bits per heavy atom. The van der Waals surface area contributed by atoms with Crippen molar-refractivity contribution in [1.29, 1.82) is 0 Å². The molecule has 38 heavy (non-hydrogen) atoms. The summed E-state index contributed by atoms with van der Waals surface area (Å²) in [6.45, 7) is 17.9. The molecular formula is C35H40Cl2Zr-2. The van der Waals surface area contributed by atoms with Crippen LogP contribution in [0.4, 0.5) is 0 Å². The molecule has 0 atom stereocenters. The van der Waals surface area contributed by atoms with E-state index >= 15 is 0 Å². The van der Waals surface area contributed by atoms with Gasteiger partial charge in [-0.3, -0.25) is 0 Å². The third-order valence-corrected chi connectivity index (χ3v) is 6.18. The molecule has 0 spiro atoms. The van der Waals surface area contributed by atoms with E-state index in [4.69, 9.17) is 0 Å². The number of benzene rings is 3. The maximum atomic E-state index is 2.37. The maximum Gasteiger partial charge on any atom is -0.0771 e. The summed E-state index contributed by atoms with van der Waals surface area (Å²) >= 11 is 1.55. The van der Waals surface area contributed by atoms with Crippen LogP contribution in [-0.2, 0) is 35.1 Å². The first kappa shape index (κ1) is 34.2. The van der Waals surface area contributed by atoms with Gasteiger partial charge >= 0.3 is 41.3 Å². The van der Waals surface area contributed by atoms with Crippen molar-refractivity contribution >= 4 is 24.8 Å². The predicted octanol–water partition coefficient (Wildman–Crippen LogP) is 4.13.